The highest BCUT2D eigenvalue weighted by molar-refractivity contribution is 8.15. The molecule has 0 fully saturated rings. The molecule has 0 saturated heterocycles. The molecule has 1 aliphatic heterocycles. The Hall–Kier alpha value is -2.02. The minimum absolute atomic E-state index is 0.187. The van der Waals surface area contributed by atoms with Gasteiger partial charge in [-0.3, -0.25) is 9.69 Å². The van der Waals surface area contributed by atoms with E-state index in [9.17, 15) is 9.59 Å². The predicted molar refractivity (Wildman–Crippen MR) is 83.9 cm³/mol. The number of hydrogen-bond acceptors (Lipinski definition) is 4. The van der Waals surface area contributed by atoms with Crippen LogP contribution in [-0.4, -0.2) is 46.0 Å². The summed E-state index contributed by atoms with van der Waals surface area (Å²) in [6, 6.07) is 8.70. The summed E-state index contributed by atoms with van der Waals surface area (Å²) in [5, 5.41) is 8.76. The highest BCUT2D eigenvalue weighted by Crippen LogP contribution is 2.38. The van der Waals surface area contributed by atoms with Gasteiger partial charge in [-0.2, -0.15) is 0 Å². The first kappa shape index (κ1) is 15.4. The van der Waals surface area contributed by atoms with E-state index in [1.54, 1.807) is 26.2 Å². The van der Waals surface area contributed by atoms with Gasteiger partial charge in [0.1, 0.15) is 4.87 Å². The maximum atomic E-state index is 12.6. The van der Waals surface area contributed by atoms with E-state index in [-0.39, 0.29) is 11.9 Å². The van der Waals surface area contributed by atoms with Gasteiger partial charge >= 0.3 is 6.03 Å². The van der Waals surface area contributed by atoms with Crippen molar-refractivity contribution in [2.75, 3.05) is 14.1 Å². The predicted octanol–water partition coefficient (Wildman–Crippen LogP) is 2.15. The Labute approximate surface area is 128 Å². The van der Waals surface area contributed by atoms with Gasteiger partial charge in [0.05, 0.1) is 0 Å². The Morgan fingerprint density at radius 3 is 2.48 bits per heavy atom. The summed E-state index contributed by atoms with van der Waals surface area (Å²) in [4.78, 5) is 25.1. The number of rotatable bonds is 1. The Bertz CT molecular complexity index is 586. The summed E-state index contributed by atoms with van der Waals surface area (Å²) in [5.41, 5.74) is 0.568. The maximum absolute atomic E-state index is 12.6. The zero-order valence-electron chi connectivity index (χ0n) is 12.5. The Morgan fingerprint density at radius 1 is 1.29 bits per heavy atom. The molecule has 1 aliphatic rings. The number of carbonyl (C=O) groups is 2. The van der Waals surface area contributed by atoms with Crippen LogP contribution in [0, 0.1) is 0 Å². The van der Waals surface area contributed by atoms with Crippen molar-refractivity contribution in [3.8, 4) is 0 Å². The molecule has 0 atom stereocenters. The quantitative estimate of drug-likeness (QED) is 0.864. The summed E-state index contributed by atoms with van der Waals surface area (Å²) in [6.07, 6.45) is 0. The number of benzene rings is 1. The van der Waals surface area contributed by atoms with Gasteiger partial charge < -0.3 is 5.32 Å². The Morgan fingerprint density at radius 2 is 1.90 bits per heavy atom. The van der Waals surface area contributed by atoms with Crippen LogP contribution in [0.5, 0.6) is 0 Å². The summed E-state index contributed by atoms with van der Waals surface area (Å²) >= 11 is 1.37. The summed E-state index contributed by atoms with van der Waals surface area (Å²) < 4.78 is 0. The molecule has 0 spiro atoms. The third-order valence-electron chi connectivity index (χ3n) is 3.06. The fourth-order valence-corrected chi connectivity index (χ4v) is 2.88. The molecule has 1 N–H and O–H groups in total. The smallest absolute Gasteiger partial charge is 0.322 e. The number of hydrogen-bond donors (Lipinski definition) is 1. The molecule has 1 heterocycles. The van der Waals surface area contributed by atoms with Crippen LogP contribution in [0.1, 0.15) is 24.2 Å². The van der Waals surface area contributed by atoms with Crippen molar-refractivity contribution in [1.82, 2.24) is 15.2 Å². The Kier molecular flexibility index (Phi) is 4.22. The first-order chi connectivity index (χ1) is 9.86. The van der Waals surface area contributed by atoms with Gasteiger partial charge in [0.25, 0.3) is 5.91 Å². The number of nitrogens with one attached hydrogen (secondary N) is 1. The third-order valence-corrected chi connectivity index (χ3v) is 4.27. The number of thioether (sulfide) groups is 1. The van der Waals surface area contributed by atoms with Crippen molar-refractivity contribution in [3.05, 3.63) is 35.9 Å². The lowest BCUT2D eigenvalue weighted by molar-refractivity contribution is 0.0690. The van der Waals surface area contributed by atoms with Crippen LogP contribution in [-0.2, 0) is 0 Å². The second-order valence-electron chi connectivity index (χ2n) is 5.03. The Balaban J connectivity index is 2.28. The van der Waals surface area contributed by atoms with Crippen LogP contribution < -0.4 is 5.32 Å². The molecule has 21 heavy (non-hydrogen) atoms. The lowest BCUT2D eigenvalue weighted by atomic mass is 10.2. The van der Waals surface area contributed by atoms with E-state index in [1.165, 1.54) is 21.7 Å². The monoisotopic (exact) mass is 306 g/mol. The van der Waals surface area contributed by atoms with Gasteiger partial charge in [-0.15, -0.1) is 5.10 Å². The third kappa shape index (κ3) is 3.02. The number of carbonyl (C=O) groups excluding carboxylic acids is 2. The van der Waals surface area contributed by atoms with E-state index in [2.05, 4.69) is 10.4 Å². The molecule has 0 aromatic heterocycles. The molecule has 1 aromatic rings. The SMILES string of the molecule is CNC(=O)N(C)C1=NN(C(=O)c2ccccc2)C(C)(C)S1. The summed E-state index contributed by atoms with van der Waals surface area (Å²) in [7, 11) is 3.17. The van der Waals surface area contributed by atoms with Crippen LogP contribution in [0.2, 0.25) is 0 Å². The molecule has 0 bridgehead atoms. The molecule has 3 amide bonds. The number of nitrogens with zero attached hydrogens (tertiary/aromatic N) is 3. The summed E-state index contributed by atoms with van der Waals surface area (Å²) in [6.45, 7) is 3.79. The molecule has 0 unspecified atom stereocenters. The largest absolute Gasteiger partial charge is 0.341 e. The van der Waals surface area contributed by atoms with Crippen LogP contribution in [0.3, 0.4) is 0 Å². The zero-order valence-corrected chi connectivity index (χ0v) is 13.3. The lowest BCUT2D eigenvalue weighted by Crippen LogP contribution is -2.39. The molecular formula is C14H18N4O2S. The second-order valence-corrected chi connectivity index (χ2v) is 6.60. The highest BCUT2D eigenvalue weighted by Gasteiger charge is 2.41. The lowest BCUT2D eigenvalue weighted by Gasteiger charge is -2.27. The first-order valence-electron chi connectivity index (χ1n) is 6.49. The number of amides is 3. The van der Waals surface area contributed by atoms with E-state index in [0.29, 0.717) is 10.7 Å². The maximum Gasteiger partial charge on any atom is 0.322 e. The zero-order chi connectivity index (χ0) is 15.6. The molecule has 0 saturated carbocycles. The molecule has 2 rings (SSSR count). The van der Waals surface area contributed by atoms with Crippen LogP contribution >= 0.6 is 11.8 Å². The van der Waals surface area contributed by atoms with Crippen molar-refractivity contribution < 1.29 is 9.59 Å². The van der Waals surface area contributed by atoms with Gasteiger partial charge in [0.15, 0.2) is 5.17 Å². The van der Waals surface area contributed by atoms with Crippen molar-refractivity contribution in [2.45, 2.75) is 18.7 Å². The van der Waals surface area contributed by atoms with Crippen molar-refractivity contribution in [1.29, 1.82) is 0 Å². The van der Waals surface area contributed by atoms with Crippen LogP contribution in [0.25, 0.3) is 0 Å². The molecule has 1 aromatic carbocycles. The first-order valence-corrected chi connectivity index (χ1v) is 7.31. The minimum atomic E-state index is -0.551. The average Bonchev–Trinajstić information content (AvgIpc) is 2.81. The van der Waals surface area contributed by atoms with Gasteiger partial charge in [0, 0.05) is 19.7 Å². The normalized spacial score (nSPS) is 16.4. The second kappa shape index (κ2) is 5.77. The number of urea groups is 1. The highest BCUT2D eigenvalue weighted by atomic mass is 32.2. The van der Waals surface area contributed by atoms with Crippen LogP contribution in [0.4, 0.5) is 4.79 Å². The summed E-state index contributed by atoms with van der Waals surface area (Å²) in [5.74, 6) is -0.187. The molecule has 0 radical (unpaired) electrons. The molecule has 112 valence electrons. The van der Waals surface area contributed by atoms with Gasteiger partial charge in [-0.25, -0.2) is 9.80 Å². The van der Waals surface area contributed by atoms with E-state index in [0.717, 1.165) is 0 Å². The van der Waals surface area contributed by atoms with Crippen LogP contribution in [0.15, 0.2) is 35.4 Å². The van der Waals surface area contributed by atoms with Gasteiger partial charge in [-0.05, 0) is 26.0 Å². The van der Waals surface area contributed by atoms with Crippen molar-refractivity contribution >= 4 is 28.9 Å². The average molecular weight is 306 g/mol. The minimum Gasteiger partial charge on any atom is -0.341 e. The van der Waals surface area contributed by atoms with Crippen molar-refractivity contribution in [2.24, 2.45) is 5.10 Å². The van der Waals surface area contributed by atoms with E-state index in [1.807, 2.05) is 32.0 Å². The number of hydrazone groups is 1. The molecule has 7 heteroatoms. The molecule has 0 aliphatic carbocycles. The number of amidine groups is 1. The standard InChI is InChI=1S/C14H18N4O2S/c1-14(2)18(11(19)10-8-6-5-7-9-10)16-13(21-14)17(4)12(20)15-3/h5-9H,1-4H3,(H,15,20). The fraction of sp³-hybridized carbons (Fsp3) is 0.357. The van der Waals surface area contributed by atoms with Gasteiger partial charge in [-0.1, -0.05) is 30.0 Å². The van der Waals surface area contributed by atoms with Crippen molar-refractivity contribution in [3.63, 3.8) is 0 Å². The van der Waals surface area contributed by atoms with E-state index >= 15 is 0 Å². The van der Waals surface area contributed by atoms with E-state index in [4.69, 9.17) is 0 Å². The molecular weight excluding hydrogens is 288 g/mol. The molecule has 6 nitrogen and oxygen atoms in total. The topological polar surface area (TPSA) is 65.0 Å². The fourth-order valence-electron chi connectivity index (χ4n) is 1.88. The van der Waals surface area contributed by atoms with E-state index < -0.39 is 4.87 Å². The van der Waals surface area contributed by atoms with Gasteiger partial charge in [0.2, 0.25) is 0 Å².